The summed E-state index contributed by atoms with van der Waals surface area (Å²) in [4.78, 5) is 10.6. The molecule has 0 radical (unpaired) electrons. The lowest BCUT2D eigenvalue weighted by Gasteiger charge is -2.38. The molecule has 0 aliphatic carbocycles. The second-order valence-electron chi connectivity index (χ2n) is 6.35. The molecule has 4 N–H and O–H groups in total. The Balaban J connectivity index is 2.46. The lowest BCUT2D eigenvalue weighted by Crippen LogP contribution is -2.46. The van der Waals surface area contributed by atoms with E-state index in [4.69, 9.17) is 11.5 Å². The fourth-order valence-electron chi connectivity index (χ4n) is 3.08. The first-order valence-electron chi connectivity index (χ1n) is 6.28. The Labute approximate surface area is 109 Å². The van der Waals surface area contributed by atoms with E-state index in [1.54, 1.807) is 6.20 Å². The van der Waals surface area contributed by atoms with E-state index in [0.717, 1.165) is 12.0 Å². The molecule has 1 aliphatic heterocycles. The van der Waals surface area contributed by atoms with E-state index in [2.05, 4.69) is 49.6 Å². The molecule has 0 spiro atoms. The van der Waals surface area contributed by atoms with Crippen molar-refractivity contribution in [2.45, 2.75) is 51.1 Å². The van der Waals surface area contributed by atoms with Gasteiger partial charge in [-0.3, -0.25) is 4.90 Å². The van der Waals surface area contributed by atoms with Gasteiger partial charge in [0.05, 0.1) is 0 Å². The van der Waals surface area contributed by atoms with E-state index in [1.807, 2.05) is 0 Å². The largest absolute Gasteiger partial charge is 0.383 e. The van der Waals surface area contributed by atoms with Crippen LogP contribution in [0.25, 0.3) is 0 Å². The smallest absolute Gasteiger partial charge is 0.221 e. The lowest BCUT2D eigenvalue weighted by atomic mass is 9.82. The van der Waals surface area contributed by atoms with Crippen molar-refractivity contribution in [2.75, 3.05) is 18.5 Å². The molecule has 2 heterocycles. The number of likely N-dealkylation sites (tertiary alicyclic amines) is 1. The number of nitrogen functional groups attached to an aromatic ring is 2. The zero-order valence-corrected chi connectivity index (χ0v) is 11.9. The number of rotatable bonds is 1. The van der Waals surface area contributed by atoms with Crippen molar-refractivity contribution in [3.8, 4) is 0 Å². The summed E-state index contributed by atoms with van der Waals surface area (Å²) >= 11 is 0. The van der Waals surface area contributed by atoms with E-state index >= 15 is 0 Å². The number of aromatic nitrogens is 2. The predicted molar refractivity (Wildman–Crippen MR) is 74.1 cm³/mol. The maximum atomic E-state index is 6.01. The second-order valence-corrected chi connectivity index (χ2v) is 6.35. The minimum atomic E-state index is 0.0249. The van der Waals surface area contributed by atoms with Crippen LogP contribution in [0.5, 0.6) is 0 Å². The quantitative estimate of drug-likeness (QED) is 0.790. The highest BCUT2D eigenvalue weighted by molar-refractivity contribution is 5.46. The maximum absolute atomic E-state index is 6.01. The number of anilines is 2. The molecule has 1 aromatic rings. The van der Waals surface area contributed by atoms with Crippen LogP contribution in [0.1, 0.15) is 45.6 Å². The van der Waals surface area contributed by atoms with Gasteiger partial charge in [0.2, 0.25) is 5.95 Å². The van der Waals surface area contributed by atoms with Gasteiger partial charge in [-0.05, 0) is 41.2 Å². The van der Waals surface area contributed by atoms with Crippen LogP contribution in [-0.2, 0) is 0 Å². The standard InChI is InChI=1S/C13H23N5/c1-12(2)6-9(13(3,4)18(12)5)8-7-16-11(15)17-10(8)14/h7,9H,6H2,1-5H3,(H4,14,15,16,17). The fourth-order valence-corrected chi connectivity index (χ4v) is 3.08. The van der Waals surface area contributed by atoms with Crippen molar-refractivity contribution in [1.82, 2.24) is 14.9 Å². The molecule has 1 aromatic heterocycles. The average Bonchev–Trinajstić information content (AvgIpc) is 2.39. The summed E-state index contributed by atoms with van der Waals surface area (Å²) in [7, 11) is 2.16. The molecule has 1 fully saturated rings. The SMILES string of the molecule is CN1C(C)(C)CC(c2cnc(N)nc2N)C1(C)C. The molecular weight excluding hydrogens is 226 g/mol. The highest BCUT2D eigenvalue weighted by Gasteiger charge is 2.50. The van der Waals surface area contributed by atoms with Crippen molar-refractivity contribution >= 4 is 11.8 Å². The molecular formula is C13H23N5. The van der Waals surface area contributed by atoms with Crippen molar-refractivity contribution in [1.29, 1.82) is 0 Å². The molecule has 0 amide bonds. The second kappa shape index (κ2) is 3.82. The molecule has 0 aromatic carbocycles. The van der Waals surface area contributed by atoms with Crippen LogP contribution in [0.2, 0.25) is 0 Å². The first kappa shape index (κ1) is 13.1. The van der Waals surface area contributed by atoms with Crippen LogP contribution in [0.4, 0.5) is 11.8 Å². The third-order valence-electron chi connectivity index (χ3n) is 4.57. The Bertz CT molecular complexity index is 466. The van der Waals surface area contributed by atoms with E-state index in [-0.39, 0.29) is 17.0 Å². The summed E-state index contributed by atoms with van der Waals surface area (Å²) in [5.74, 6) is 1.06. The highest BCUT2D eigenvalue weighted by atomic mass is 15.3. The van der Waals surface area contributed by atoms with Crippen molar-refractivity contribution in [3.05, 3.63) is 11.8 Å². The van der Waals surface area contributed by atoms with Crippen LogP contribution >= 0.6 is 0 Å². The molecule has 100 valence electrons. The fraction of sp³-hybridized carbons (Fsp3) is 0.692. The van der Waals surface area contributed by atoms with Gasteiger partial charge in [0, 0.05) is 28.8 Å². The van der Waals surface area contributed by atoms with Crippen molar-refractivity contribution < 1.29 is 0 Å². The van der Waals surface area contributed by atoms with Gasteiger partial charge in [0.25, 0.3) is 0 Å². The molecule has 5 heteroatoms. The third-order valence-corrected chi connectivity index (χ3v) is 4.57. The summed E-state index contributed by atoms with van der Waals surface area (Å²) in [6, 6.07) is 0. The van der Waals surface area contributed by atoms with Crippen molar-refractivity contribution in [2.24, 2.45) is 0 Å². The van der Waals surface area contributed by atoms with Gasteiger partial charge in [0.1, 0.15) is 5.82 Å². The minimum absolute atomic E-state index is 0.0249. The van der Waals surface area contributed by atoms with Gasteiger partial charge < -0.3 is 11.5 Å². The zero-order valence-electron chi connectivity index (χ0n) is 11.9. The minimum Gasteiger partial charge on any atom is -0.383 e. The molecule has 18 heavy (non-hydrogen) atoms. The first-order chi connectivity index (χ1) is 8.16. The van der Waals surface area contributed by atoms with E-state index < -0.39 is 0 Å². The van der Waals surface area contributed by atoms with E-state index in [0.29, 0.717) is 11.7 Å². The monoisotopic (exact) mass is 249 g/mol. The van der Waals surface area contributed by atoms with Crippen LogP contribution in [0.15, 0.2) is 6.20 Å². The Hall–Kier alpha value is -1.36. The van der Waals surface area contributed by atoms with Crippen LogP contribution < -0.4 is 11.5 Å². The van der Waals surface area contributed by atoms with Crippen LogP contribution in [-0.4, -0.2) is 33.0 Å². The van der Waals surface area contributed by atoms with E-state index in [1.165, 1.54) is 0 Å². The Morgan fingerprint density at radius 2 is 1.89 bits per heavy atom. The number of hydrogen-bond acceptors (Lipinski definition) is 5. The third kappa shape index (κ3) is 1.82. The van der Waals surface area contributed by atoms with Gasteiger partial charge in [-0.15, -0.1) is 0 Å². The highest BCUT2D eigenvalue weighted by Crippen LogP contribution is 2.49. The predicted octanol–water partition coefficient (Wildman–Crippen LogP) is 1.62. The summed E-state index contributed by atoms with van der Waals surface area (Å²) in [5.41, 5.74) is 12.7. The van der Waals surface area contributed by atoms with Crippen LogP contribution in [0.3, 0.4) is 0 Å². The van der Waals surface area contributed by atoms with Gasteiger partial charge >= 0.3 is 0 Å². The molecule has 1 unspecified atom stereocenters. The Kier molecular flexibility index (Phi) is 2.77. The molecule has 1 aliphatic rings. The molecule has 1 saturated heterocycles. The molecule has 0 bridgehead atoms. The van der Waals surface area contributed by atoms with Gasteiger partial charge in [-0.25, -0.2) is 4.98 Å². The number of hydrogen-bond donors (Lipinski definition) is 2. The van der Waals surface area contributed by atoms with Gasteiger partial charge in [0.15, 0.2) is 0 Å². The number of nitrogens with zero attached hydrogens (tertiary/aromatic N) is 3. The molecule has 5 nitrogen and oxygen atoms in total. The van der Waals surface area contributed by atoms with Crippen molar-refractivity contribution in [3.63, 3.8) is 0 Å². The molecule has 1 atom stereocenters. The summed E-state index contributed by atoms with van der Waals surface area (Å²) in [5, 5.41) is 0. The number of nitrogens with two attached hydrogens (primary N) is 2. The normalized spacial score (nSPS) is 26.4. The zero-order chi connectivity index (χ0) is 13.7. The van der Waals surface area contributed by atoms with Gasteiger partial charge in [-0.2, -0.15) is 4.98 Å². The lowest BCUT2D eigenvalue weighted by molar-refractivity contribution is 0.110. The summed E-state index contributed by atoms with van der Waals surface area (Å²) < 4.78 is 0. The average molecular weight is 249 g/mol. The first-order valence-corrected chi connectivity index (χ1v) is 6.28. The summed E-state index contributed by atoms with van der Waals surface area (Å²) in [6.07, 6.45) is 2.81. The Morgan fingerprint density at radius 3 is 2.33 bits per heavy atom. The van der Waals surface area contributed by atoms with E-state index in [9.17, 15) is 0 Å². The maximum Gasteiger partial charge on any atom is 0.221 e. The molecule has 2 rings (SSSR count). The van der Waals surface area contributed by atoms with Gasteiger partial charge in [-0.1, -0.05) is 0 Å². The Morgan fingerprint density at radius 1 is 1.28 bits per heavy atom. The number of likely N-dealkylation sites (N-methyl/N-ethyl adjacent to an activating group) is 1. The topological polar surface area (TPSA) is 81.1 Å². The molecule has 0 saturated carbocycles. The van der Waals surface area contributed by atoms with Crippen LogP contribution in [0, 0.1) is 0 Å². The summed E-state index contributed by atoms with van der Waals surface area (Å²) in [6.45, 7) is 8.98.